The van der Waals surface area contributed by atoms with Crippen LogP contribution in [0.25, 0.3) is 0 Å². The molecule has 0 aliphatic rings. The highest BCUT2D eigenvalue weighted by Gasteiger charge is 2.11. The predicted octanol–water partition coefficient (Wildman–Crippen LogP) is 3.95. The van der Waals surface area contributed by atoms with Crippen molar-refractivity contribution in [3.05, 3.63) is 59.4 Å². The molecule has 1 amide bonds. The molecule has 0 bridgehead atoms. The van der Waals surface area contributed by atoms with Gasteiger partial charge in [0.25, 0.3) is 0 Å². The first-order chi connectivity index (χ1) is 10.1. The van der Waals surface area contributed by atoms with Gasteiger partial charge in [-0.05, 0) is 35.1 Å². The predicted molar refractivity (Wildman–Crippen MR) is 86.2 cm³/mol. The standard InChI is InChI=1S/C18H24N2O/c1-13(2)15-6-8-16(9-7-15)14(3)11-18(21)20-12-17-5-4-10-19-17/h4-10,13-14,19H,11-12H2,1-3H3,(H,20,21)/t14-/m1/s1. The van der Waals surface area contributed by atoms with Gasteiger partial charge in [-0.2, -0.15) is 0 Å². The van der Waals surface area contributed by atoms with Crippen LogP contribution < -0.4 is 5.32 Å². The molecule has 0 aliphatic heterocycles. The van der Waals surface area contributed by atoms with Gasteiger partial charge < -0.3 is 10.3 Å². The van der Waals surface area contributed by atoms with Gasteiger partial charge in [0.1, 0.15) is 0 Å². The van der Waals surface area contributed by atoms with E-state index in [1.165, 1.54) is 11.1 Å². The Morgan fingerprint density at radius 3 is 2.33 bits per heavy atom. The summed E-state index contributed by atoms with van der Waals surface area (Å²) in [5, 5.41) is 2.95. The SMILES string of the molecule is CC(C)c1ccc([C@H](C)CC(=O)NCc2ccc[nH]2)cc1. The smallest absolute Gasteiger partial charge is 0.220 e. The fourth-order valence-electron chi connectivity index (χ4n) is 2.35. The Labute approximate surface area is 126 Å². The van der Waals surface area contributed by atoms with Gasteiger partial charge >= 0.3 is 0 Å². The van der Waals surface area contributed by atoms with Gasteiger partial charge in [-0.1, -0.05) is 45.0 Å². The van der Waals surface area contributed by atoms with Crippen LogP contribution in [0.4, 0.5) is 0 Å². The maximum absolute atomic E-state index is 12.0. The highest BCUT2D eigenvalue weighted by molar-refractivity contribution is 5.76. The van der Waals surface area contributed by atoms with Crippen molar-refractivity contribution in [3.8, 4) is 0 Å². The third-order valence-electron chi connectivity index (χ3n) is 3.80. The minimum absolute atomic E-state index is 0.0880. The first-order valence-electron chi connectivity index (χ1n) is 7.55. The van der Waals surface area contributed by atoms with Gasteiger partial charge in [-0.3, -0.25) is 4.79 Å². The number of hydrogen-bond donors (Lipinski definition) is 2. The van der Waals surface area contributed by atoms with Gasteiger partial charge in [0.15, 0.2) is 0 Å². The van der Waals surface area contributed by atoms with Gasteiger partial charge in [-0.15, -0.1) is 0 Å². The monoisotopic (exact) mass is 284 g/mol. The highest BCUT2D eigenvalue weighted by Crippen LogP contribution is 2.22. The molecule has 1 aromatic carbocycles. The van der Waals surface area contributed by atoms with E-state index in [0.29, 0.717) is 18.9 Å². The number of carbonyl (C=O) groups excluding carboxylic acids is 1. The van der Waals surface area contributed by atoms with E-state index in [9.17, 15) is 4.79 Å². The Morgan fingerprint density at radius 1 is 1.10 bits per heavy atom. The normalized spacial score (nSPS) is 12.4. The summed E-state index contributed by atoms with van der Waals surface area (Å²) in [7, 11) is 0. The Bertz CT molecular complexity index is 555. The molecule has 0 spiro atoms. The van der Waals surface area contributed by atoms with Crippen LogP contribution in [0.1, 0.15) is 55.8 Å². The topological polar surface area (TPSA) is 44.9 Å². The van der Waals surface area contributed by atoms with Crippen molar-refractivity contribution in [3.63, 3.8) is 0 Å². The largest absolute Gasteiger partial charge is 0.364 e. The van der Waals surface area contributed by atoms with Crippen molar-refractivity contribution >= 4 is 5.91 Å². The Morgan fingerprint density at radius 2 is 1.76 bits per heavy atom. The molecule has 1 heterocycles. The summed E-state index contributed by atoms with van der Waals surface area (Å²) in [5.41, 5.74) is 3.58. The second kappa shape index (κ2) is 7.11. The van der Waals surface area contributed by atoms with Crippen LogP contribution in [0.2, 0.25) is 0 Å². The molecule has 1 atom stereocenters. The molecule has 0 saturated heterocycles. The van der Waals surface area contributed by atoms with Crippen molar-refractivity contribution in [2.45, 2.75) is 45.6 Å². The van der Waals surface area contributed by atoms with E-state index in [1.807, 2.05) is 18.3 Å². The molecule has 3 heteroatoms. The lowest BCUT2D eigenvalue weighted by atomic mass is 9.94. The number of carbonyl (C=O) groups is 1. The zero-order valence-electron chi connectivity index (χ0n) is 13.0. The van der Waals surface area contributed by atoms with E-state index >= 15 is 0 Å². The number of benzene rings is 1. The zero-order chi connectivity index (χ0) is 15.2. The summed E-state index contributed by atoms with van der Waals surface area (Å²) in [6, 6.07) is 12.5. The number of hydrogen-bond acceptors (Lipinski definition) is 1. The maximum Gasteiger partial charge on any atom is 0.220 e. The lowest BCUT2D eigenvalue weighted by Gasteiger charge is -2.13. The van der Waals surface area contributed by atoms with Gasteiger partial charge in [0.2, 0.25) is 5.91 Å². The molecular weight excluding hydrogens is 260 g/mol. The summed E-state index contributed by atoms with van der Waals surface area (Å²) in [5.74, 6) is 0.860. The molecule has 3 nitrogen and oxygen atoms in total. The number of nitrogens with one attached hydrogen (secondary N) is 2. The first-order valence-corrected chi connectivity index (χ1v) is 7.55. The van der Waals surface area contributed by atoms with Crippen LogP contribution >= 0.6 is 0 Å². The minimum Gasteiger partial charge on any atom is -0.364 e. The number of rotatable bonds is 6. The number of amides is 1. The van der Waals surface area contributed by atoms with Crippen LogP contribution in [0.3, 0.4) is 0 Å². The quantitative estimate of drug-likeness (QED) is 0.829. The summed E-state index contributed by atoms with van der Waals surface area (Å²) in [6.45, 7) is 7.03. The Hall–Kier alpha value is -2.03. The van der Waals surface area contributed by atoms with Crippen molar-refractivity contribution in [2.24, 2.45) is 0 Å². The molecule has 2 N–H and O–H groups in total. The van der Waals surface area contributed by atoms with Crippen molar-refractivity contribution in [1.29, 1.82) is 0 Å². The first kappa shape index (κ1) is 15.4. The van der Waals surface area contributed by atoms with Crippen LogP contribution in [0, 0.1) is 0 Å². The zero-order valence-corrected chi connectivity index (χ0v) is 13.0. The van der Waals surface area contributed by atoms with Gasteiger partial charge in [0, 0.05) is 18.3 Å². The lowest BCUT2D eigenvalue weighted by Crippen LogP contribution is -2.24. The molecule has 0 unspecified atom stereocenters. The molecule has 2 aromatic rings. The molecule has 0 aliphatic carbocycles. The van der Waals surface area contributed by atoms with E-state index in [-0.39, 0.29) is 11.8 Å². The van der Waals surface area contributed by atoms with E-state index in [0.717, 1.165) is 5.69 Å². The fourth-order valence-corrected chi connectivity index (χ4v) is 2.35. The maximum atomic E-state index is 12.0. The van der Waals surface area contributed by atoms with Gasteiger partial charge in [-0.25, -0.2) is 0 Å². The van der Waals surface area contributed by atoms with Crippen molar-refractivity contribution < 1.29 is 4.79 Å². The average molecular weight is 284 g/mol. The van der Waals surface area contributed by atoms with Crippen molar-refractivity contribution in [1.82, 2.24) is 10.3 Å². The fraction of sp³-hybridized carbons (Fsp3) is 0.389. The molecule has 0 fully saturated rings. The average Bonchev–Trinajstić information content (AvgIpc) is 2.98. The van der Waals surface area contributed by atoms with E-state index in [2.05, 4.69) is 55.3 Å². The molecule has 2 rings (SSSR count). The third-order valence-corrected chi connectivity index (χ3v) is 3.80. The second-order valence-electron chi connectivity index (χ2n) is 5.90. The van der Waals surface area contributed by atoms with Gasteiger partial charge in [0.05, 0.1) is 6.54 Å². The number of H-pyrrole nitrogens is 1. The summed E-state index contributed by atoms with van der Waals surface area (Å²) in [6.07, 6.45) is 2.38. The van der Waals surface area contributed by atoms with Crippen LogP contribution in [0.15, 0.2) is 42.6 Å². The van der Waals surface area contributed by atoms with Crippen molar-refractivity contribution in [2.75, 3.05) is 0 Å². The molecule has 1 aromatic heterocycles. The molecular formula is C18H24N2O. The Kier molecular flexibility index (Phi) is 5.20. The molecule has 112 valence electrons. The number of aromatic nitrogens is 1. The van der Waals surface area contributed by atoms with Crippen LogP contribution in [0.5, 0.6) is 0 Å². The third kappa shape index (κ3) is 4.48. The molecule has 0 saturated carbocycles. The summed E-state index contributed by atoms with van der Waals surface area (Å²) < 4.78 is 0. The van der Waals surface area contributed by atoms with Crippen LogP contribution in [-0.2, 0) is 11.3 Å². The van der Waals surface area contributed by atoms with E-state index < -0.39 is 0 Å². The number of aromatic amines is 1. The van der Waals surface area contributed by atoms with E-state index in [1.54, 1.807) is 0 Å². The Balaban J connectivity index is 1.85. The molecule has 0 radical (unpaired) electrons. The second-order valence-corrected chi connectivity index (χ2v) is 5.90. The highest BCUT2D eigenvalue weighted by atomic mass is 16.1. The van der Waals surface area contributed by atoms with Crippen LogP contribution in [-0.4, -0.2) is 10.9 Å². The lowest BCUT2D eigenvalue weighted by molar-refractivity contribution is -0.121. The van der Waals surface area contributed by atoms with E-state index in [4.69, 9.17) is 0 Å². The summed E-state index contributed by atoms with van der Waals surface area (Å²) >= 11 is 0. The minimum atomic E-state index is 0.0880. The summed E-state index contributed by atoms with van der Waals surface area (Å²) in [4.78, 5) is 15.1. The molecule has 21 heavy (non-hydrogen) atoms.